The molecule has 0 saturated heterocycles. The molecule has 0 fully saturated rings. The van der Waals surface area contributed by atoms with E-state index < -0.39 is 0 Å². The van der Waals surface area contributed by atoms with Gasteiger partial charge < -0.3 is 9.40 Å². The third-order valence-electron chi connectivity index (χ3n) is 3.83. The van der Waals surface area contributed by atoms with Crippen LogP contribution in [0.4, 0.5) is 0 Å². The fourth-order valence-electron chi connectivity index (χ4n) is 2.99. The van der Waals surface area contributed by atoms with Crippen molar-refractivity contribution in [3.63, 3.8) is 0 Å². The maximum atomic E-state index is 12.2. The maximum absolute atomic E-state index is 12.2. The fraction of sp³-hybridized carbons (Fsp3) is 0.200. The van der Waals surface area contributed by atoms with E-state index in [9.17, 15) is 9.59 Å². The quantitative estimate of drug-likeness (QED) is 0.624. The highest BCUT2D eigenvalue weighted by atomic mass is 16.4. The van der Waals surface area contributed by atoms with Gasteiger partial charge in [-0.05, 0) is 37.0 Å². The first-order chi connectivity index (χ1) is 9.25. The van der Waals surface area contributed by atoms with Crippen LogP contribution in [0.5, 0.6) is 0 Å². The van der Waals surface area contributed by atoms with Crippen LogP contribution in [0.25, 0.3) is 21.9 Å². The normalized spacial score (nSPS) is 14.1. The summed E-state index contributed by atoms with van der Waals surface area (Å²) in [5.41, 5.74) is 2.20. The van der Waals surface area contributed by atoms with Gasteiger partial charge in [0.2, 0.25) is 0 Å². The van der Waals surface area contributed by atoms with E-state index in [-0.39, 0.29) is 11.2 Å². The van der Waals surface area contributed by atoms with Gasteiger partial charge in [-0.25, -0.2) is 4.79 Å². The van der Waals surface area contributed by atoms with E-state index in [1.165, 1.54) is 0 Å². The minimum Gasteiger partial charge on any atom is -0.422 e. The van der Waals surface area contributed by atoms with Crippen LogP contribution in [0.3, 0.4) is 0 Å². The van der Waals surface area contributed by atoms with E-state index >= 15 is 0 Å². The van der Waals surface area contributed by atoms with Gasteiger partial charge in [-0.3, -0.25) is 4.79 Å². The molecule has 1 aromatic carbocycles. The summed E-state index contributed by atoms with van der Waals surface area (Å²) in [6, 6.07) is 7.38. The first kappa shape index (κ1) is 10.6. The van der Waals surface area contributed by atoms with Crippen molar-refractivity contribution in [1.29, 1.82) is 0 Å². The number of aromatic amines is 1. The molecule has 2 heterocycles. The Kier molecular flexibility index (Phi) is 1.98. The Hall–Kier alpha value is -2.36. The summed E-state index contributed by atoms with van der Waals surface area (Å²) >= 11 is 0. The van der Waals surface area contributed by atoms with Crippen LogP contribution in [0, 0.1) is 0 Å². The van der Waals surface area contributed by atoms with Crippen molar-refractivity contribution in [1.82, 2.24) is 4.98 Å². The molecule has 94 valence electrons. The lowest BCUT2D eigenvalue weighted by molar-refractivity contribution is 0.554. The van der Waals surface area contributed by atoms with E-state index in [1.54, 1.807) is 0 Å². The molecule has 2 aromatic heterocycles. The number of rotatable bonds is 0. The molecule has 1 aliphatic carbocycles. The molecular formula is C15H11NO3. The van der Waals surface area contributed by atoms with E-state index in [4.69, 9.17) is 4.42 Å². The molecule has 3 aromatic rings. The van der Waals surface area contributed by atoms with Crippen molar-refractivity contribution in [2.24, 2.45) is 0 Å². The zero-order valence-corrected chi connectivity index (χ0v) is 10.2. The third kappa shape index (κ3) is 1.34. The van der Waals surface area contributed by atoms with Crippen molar-refractivity contribution in [2.45, 2.75) is 19.3 Å². The number of fused-ring (bicyclic) bond motifs is 5. The Morgan fingerprint density at radius 2 is 1.84 bits per heavy atom. The molecule has 0 saturated carbocycles. The van der Waals surface area contributed by atoms with Gasteiger partial charge in [0.1, 0.15) is 0 Å². The molecule has 19 heavy (non-hydrogen) atoms. The van der Waals surface area contributed by atoms with Gasteiger partial charge in [-0.15, -0.1) is 0 Å². The van der Waals surface area contributed by atoms with Crippen molar-refractivity contribution in [3.05, 3.63) is 56.2 Å². The molecule has 0 unspecified atom stereocenters. The molecule has 0 radical (unpaired) electrons. The maximum Gasteiger partial charge on any atom is 0.339 e. The first-order valence-electron chi connectivity index (χ1n) is 6.35. The van der Waals surface area contributed by atoms with Gasteiger partial charge in [-0.2, -0.15) is 0 Å². The average Bonchev–Trinajstić information content (AvgIpc) is 2.88. The van der Waals surface area contributed by atoms with Gasteiger partial charge in [0, 0.05) is 10.9 Å². The second-order valence-electron chi connectivity index (χ2n) is 4.90. The van der Waals surface area contributed by atoms with Crippen LogP contribution in [0.15, 0.2) is 38.3 Å². The molecule has 1 N–H and O–H groups in total. The van der Waals surface area contributed by atoms with Crippen molar-refractivity contribution in [3.8, 4) is 0 Å². The lowest BCUT2D eigenvalue weighted by Crippen LogP contribution is -2.14. The molecule has 0 aliphatic heterocycles. The number of hydrogen-bond acceptors (Lipinski definition) is 3. The summed E-state index contributed by atoms with van der Waals surface area (Å²) in [6.45, 7) is 0. The van der Waals surface area contributed by atoms with Crippen molar-refractivity contribution >= 4 is 21.9 Å². The molecule has 1 aliphatic rings. The average molecular weight is 253 g/mol. The summed E-state index contributed by atoms with van der Waals surface area (Å²) in [5.74, 6) is 0. The van der Waals surface area contributed by atoms with Gasteiger partial charge in [0.15, 0.2) is 5.58 Å². The zero-order chi connectivity index (χ0) is 13.0. The molecule has 4 heteroatoms. The highest BCUT2D eigenvalue weighted by molar-refractivity contribution is 6.02. The van der Waals surface area contributed by atoms with Crippen LogP contribution < -0.4 is 11.2 Å². The number of nitrogens with one attached hydrogen (secondary N) is 1. The summed E-state index contributed by atoms with van der Waals surface area (Å²) in [6.07, 6.45) is 2.39. The molecule has 0 spiro atoms. The number of para-hydroxylation sites is 1. The fourth-order valence-corrected chi connectivity index (χ4v) is 2.99. The Bertz CT molecular complexity index is 934. The highest BCUT2D eigenvalue weighted by Crippen LogP contribution is 2.28. The number of pyridine rings is 1. The van der Waals surface area contributed by atoms with Gasteiger partial charge >= 0.3 is 5.63 Å². The lowest BCUT2D eigenvalue weighted by atomic mass is 10.1. The zero-order valence-electron chi connectivity index (χ0n) is 10.2. The second kappa shape index (κ2) is 3.57. The van der Waals surface area contributed by atoms with Crippen LogP contribution in [-0.4, -0.2) is 4.98 Å². The lowest BCUT2D eigenvalue weighted by Gasteiger charge is -2.05. The summed E-state index contributed by atoms with van der Waals surface area (Å²) in [4.78, 5) is 27.1. The summed E-state index contributed by atoms with van der Waals surface area (Å²) in [7, 11) is 0. The molecule has 0 atom stereocenters. The number of H-pyrrole nitrogens is 1. The SMILES string of the molecule is O=c1oc2c(c3c1CCC3)c(=O)[nH]c1ccccc12. The molecule has 0 amide bonds. The Labute approximate surface area is 107 Å². The van der Waals surface area contributed by atoms with E-state index in [2.05, 4.69) is 4.98 Å². The predicted octanol–water partition coefficient (Wildman–Crippen LogP) is 2.12. The van der Waals surface area contributed by atoms with Crippen LogP contribution >= 0.6 is 0 Å². The van der Waals surface area contributed by atoms with E-state index in [0.29, 0.717) is 28.5 Å². The predicted molar refractivity (Wildman–Crippen MR) is 72.6 cm³/mol. The monoisotopic (exact) mass is 253 g/mol. The Balaban J connectivity index is 2.36. The Morgan fingerprint density at radius 1 is 1.05 bits per heavy atom. The van der Waals surface area contributed by atoms with Gasteiger partial charge in [0.25, 0.3) is 5.56 Å². The summed E-state index contributed by atoms with van der Waals surface area (Å²) in [5, 5.41) is 1.33. The minimum atomic E-state index is -0.296. The number of aromatic nitrogens is 1. The molecule has 4 nitrogen and oxygen atoms in total. The van der Waals surface area contributed by atoms with Crippen LogP contribution in [-0.2, 0) is 12.8 Å². The standard InChI is InChI=1S/C15H11NO3/c17-14-12-8-5-3-6-9(8)15(18)19-13(12)10-4-1-2-7-11(10)16-14/h1-2,4,7H,3,5-6H2,(H,16,17). The molecular weight excluding hydrogens is 242 g/mol. The second-order valence-corrected chi connectivity index (χ2v) is 4.90. The smallest absolute Gasteiger partial charge is 0.339 e. The van der Waals surface area contributed by atoms with Gasteiger partial charge in [-0.1, -0.05) is 12.1 Å². The topological polar surface area (TPSA) is 63.1 Å². The van der Waals surface area contributed by atoms with Gasteiger partial charge in [0.05, 0.1) is 10.9 Å². The largest absolute Gasteiger partial charge is 0.422 e. The van der Waals surface area contributed by atoms with Crippen LogP contribution in [0.1, 0.15) is 17.5 Å². The number of benzene rings is 1. The number of hydrogen-bond donors (Lipinski definition) is 1. The van der Waals surface area contributed by atoms with Crippen LogP contribution in [0.2, 0.25) is 0 Å². The third-order valence-corrected chi connectivity index (χ3v) is 3.83. The first-order valence-corrected chi connectivity index (χ1v) is 6.35. The minimum absolute atomic E-state index is 0.171. The van der Waals surface area contributed by atoms with E-state index in [1.807, 2.05) is 24.3 Å². The van der Waals surface area contributed by atoms with Crippen molar-refractivity contribution in [2.75, 3.05) is 0 Å². The van der Waals surface area contributed by atoms with Crippen molar-refractivity contribution < 1.29 is 4.42 Å². The summed E-state index contributed by atoms with van der Waals surface area (Å²) < 4.78 is 5.42. The van der Waals surface area contributed by atoms with E-state index in [0.717, 1.165) is 23.8 Å². The molecule has 0 bridgehead atoms. The number of aryl methyl sites for hydroxylation is 1. The highest BCUT2D eigenvalue weighted by Gasteiger charge is 2.22. The molecule has 4 rings (SSSR count). The Morgan fingerprint density at radius 3 is 2.74 bits per heavy atom.